The lowest BCUT2D eigenvalue weighted by atomic mass is 9.77. The van der Waals surface area contributed by atoms with E-state index in [2.05, 4.69) is 17.3 Å². The molecule has 2 aliphatic rings. The summed E-state index contributed by atoms with van der Waals surface area (Å²) < 4.78 is 5.53. The smallest absolute Gasteiger partial charge is 0.124 e. The fourth-order valence-electron chi connectivity index (χ4n) is 3.27. The molecule has 2 atom stereocenters. The molecule has 0 radical (unpaired) electrons. The summed E-state index contributed by atoms with van der Waals surface area (Å²) in [6.07, 6.45) is 1.24. The van der Waals surface area contributed by atoms with Gasteiger partial charge in [0, 0.05) is 24.6 Å². The van der Waals surface area contributed by atoms with Crippen LogP contribution in [0.2, 0.25) is 5.02 Å². The van der Waals surface area contributed by atoms with Gasteiger partial charge in [-0.3, -0.25) is 0 Å². The summed E-state index contributed by atoms with van der Waals surface area (Å²) in [6, 6.07) is 3.90. The van der Waals surface area contributed by atoms with Crippen LogP contribution in [0.25, 0.3) is 0 Å². The Labute approximate surface area is 113 Å². The fraction of sp³-hybridized carbons (Fsp3) is 0.571. The highest BCUT2D eigenvalue weighted by Gasteiger charge is 2.36. The molecule has 4 heteroatoms. The summed E-state index contributed by atoms with van der Waals surface area (Å²) in [5, 5.41) is 4.29. The molecule has 3 rings (SSSR count). The number of halogens is 1. The van der Waals surface area contributed by atoms with Gasteiger partial charge in [-0.1, -0.05) is 11.6 Å². The fourth-order valence-corrected chi connectivity index (χ4v) is 3.50. The molecule has 0 aliphatic carbocycles. The summed E-state index contributed by atoms with van der Waals surface area (Å²) in [4.78, 5) is 2.40. The highest BCUT2D eigenvalue weighted by molar-refractivity contribution is 6.33. The van der Waals surface area contributed by atoms with Crippen molar-refractivity contribution in [3.05, 3.63) is 22.7 Å². The van der Waals surface area contributed by atoms with Crippen molar-refractivity contribution in [3.63, 3.8) is 0 Å². The van der Waals surface area contributed by atoms with E-state index in [-0.39, 0.29) is 0 Å². The molecular formula is C14H19ClN2O. The lowest BCUT2D eigenvalue weighted by Crippen LogP contribution is -2.42. The normalized spacial score (nSPS) is 27.1. The number of hydrogen-bond acceptors (Lipinski definition) is 3. The highest BCUT2D eigenvalue weighted by atomic mass is 35.5. The maximum Gasteiger partial charge on any atom is 0.124 e. The molecule has 2 aliphatic heterocycles. The minimum Gasteiger partial charge on any atom is -0.496 e. The minimum atomic E-state index is 0.536. The first kappa shape index (κ1) is 12.1. The number of nitrogens with one attached hydrogen (secondary N) is 1. The summed E-state index contributed by atoms with van der Waals surface area (Å²) in [6.45, 7) is 3.30. The van der Waals surface area contributed by atoms with Crippen molar-refractivity contribution in [2.45, 2.75) is 12.3 Å². The number of nitrogens with zero attached hydrogens (tertiary/aromatic N) is 1. The maximum atomic E-state index is 6.31. The van der Waals surface area contributed by atoms with Crippen LogP contribution in [0.15, 0.2) is 12.1 Å². The van der Waals surface area contributed by atoms with E-state index in [1.807, 2.05) is 12.1 Å². The molecule has 0 aromatic heterocycles. The molecule has 1 aromatic carbocycles. The lowest BCUT2D eigenvalue weighted by Gasteiger charge is -2.42. The van der Waals surface area contributed by atoms with Gasteiger partial charge in [-0.15, -0.1) is 0 Å². The van der Waals surface area contributed by atoms with E-state index in [0.29, 0.717) is 11.8 Å². The summed E-state index contributed by atoms with van der Waals surface area (Å²) in [5.41, 5.74) is 2.35. The molecule has 3 nitrogen and oxygen atoms in total. The molecule has 2 unspecified atom stereocenters. The molecule has 98 valence electrons. The number of piperidine rings is 1. The Bertz CT molecular complexity index is 463. The number of benzene rings is 1. The van der Waals surface area contributed by atoms with Crippen molar-refractivity contribution in [3.8, 4) is 5.75 Å². The zero-order valence-electron chi connectivity index (χ0n) is 10.9. The third-order valence-corrected chi connectivity index (χ3v) is 4.56. The Morgan fingerprint density at radius 3 is 3.06 bits per heavy atom. The van der Waals surface area contributed by atoms with Gasteiger partial charge in [0.2, 0.25) is 0 Å². The van der Waals surface area contributed by atoms with Crippen LogP contribution in [0, 0.1) is 5.92 Å². The summed E-state index contributed by atoms with van der Waals surface area (Å²) >= 11 is 6.31. The van der Waals surface area contributed by atoms with Gasteiger partial charge in [-0.05, 0) is 38.1 Å². The summed E-state index contributed by atoms with van der Waals surface area (Å²) in [5.74, 6) is 2.20. The number of methoxy groups -OCH3 is 1. The third kappa shape index (κ3) is 1.86. The molecule has 0 amide bonds. The lowest BCUT2D eigenvalue weighted by molar-refractivity contribution is 0.189. The van der Waals surface area contributed by atoms with E-state index in [0.717, 1.165) is 29.5 Å². The molecule has 0 saturated carbocycles. The van der Waals surface area contributed by atoms with Crippen LogP contribution in [0.1, 0.15) is 17.9 Å². The van der Waals surface area contributed by atoms with Gasteiger partial charge in [-0.2, -0.15) is 0 Å². The van der Waals surface area contributed by atoms with Crippen molar-refractivity contribution in [2.24, 2.45) is 5.92 Å². The van der Waals surface area contributed by atoms with Crippen molar-refractivity contribution >= 4 is 17.3 Å². The molecule has 2 heterocycles. The largest absolute Gasteiger partial charge is 0.496 e. The number of hydrogen-bond donors (Lipinski definition) is 1. The minimum absolute atomic E-state index is 0.536. The van der Waals surface area contributed by atoms with Crippen LogP contribution in [0.3, 0.4) is 0 Å². The highest BCUT2D eigenvalue weighted by Crippen LogP contribution is 2.46. The molecule has 1 N–H and O–H groups in total. The third-order valence-electron chi connectivity index (χ3n) is 4.25. The van der Waals surface area contributed by atoms with E-state index in [4.69, 9.17) is 16.3 Å². The first-order chi connectivity index (χ1) is 8.70. The van der Waals surface area contributed by atoms with E-state index >= 15 is 0 Å². The molecule has 1 fully saturated rings. The van der Waals surface area contributed by atoms with Gasteiger partial charge in [0.05, 0.1) is 17.8 Å². The Balaban J connectivity index is 2.08. The van der Waals surface area contributed by atoms with Crippen LogP contribution in [0.5, 0.6) is 5.75 Å². The molecule has 1 aromatic rings. The first-order valence-electron chi connectivity index (χ1n) is 6.49. The average molecular weight is 267 g/mol. The van der Waals surface area contributed by atoms with Gasteiger partial charge in [-0.25, -0.2) is 0 Å². The number of rotatable bonds is 1. The van der Waals surface area contributed by atoms with Crippen LogP contribution in [-0.2, 0) is 0 Å². The predicted octanol–water partition coefficient (Wildman–Crippen LogP) is 2.81. The number of likely N-dealkylation sites (N-methyl/N-ethyl adjacent to an activating group) is 1. The quantitative estimate of drug-likeness (QED) is 0.846. The molecule has 1 saturated heterocycles. The van der Waals surface area contributed by atoms with Crippen molar-refractivity contribution < 1.29 is 4.74 Å². The zero-order valence-corrected chi connectivity index (χ0v) is 11.6. The van der Waals surface area contributed by atoms with Gasteiger partial charge in [0.15, 0.2) is 0 Å². The van der Waals surface area contributed by atoms with Gasteiger partial charge < -0.3 is 15.0 Å². The second-order valence-electron chi connectivity index (χ2n) is 5.34. The van der Waals surface area contributed by atoms with E-state index < -0.39 is 0 Å². The van der Waals surface area contributed by atoms with Crippen LogP contribution >= 0.6 is 11.6 Å². The van der Waals surface area contributed by atoms with Crippen LogP contribution in [-0.4, -0.2) is 38.7 Å². The molecule has 0 bridgehead atoms. The van der Waals surface area contributed by atoms with E-state index in [1.54, 1.807) is 7.11 Å². The maximum absolute atomic E-state index is 6.31. The van der Waals surface area contributed by atoms with Crippen molar-refractivity contribution in [2.75, 3.05) is 39.1 Å². The number of ether oxygens (including phenoxy) is 1. The van der Waals surface area contributed by atoms with E-state index in [9.17, 15) is 0 Å². The Kier molecular flexibility index (Phi) is 3.12. The zero-order chi connectivity index (χ0) is 12.7. The van der Waals surface area contributed by atoms with Gasteiger partial charge in [0.25, 0.3) is 0 Å². The Hall–Kier alpha value is -0.930. The number of likely N-dealkylation sites (tertiary alicyclic amines) is 1. The van der Waals surface area contributed by atoms with Gasteiger partial charge in [0.1, 0.15) is 5.75 Å². The standard InChI is InChI=1S/C14H19ClN2O/c1-17-6-5-9-7-16-14-11(15)3-4-12(18-2)13(14)10(9)8-17/h3-4,9-10,16H,5-8H2,1-2H3. The van der Waals surface area contributed by atoms with Crippen molar-refractivity contribution in [1.82, 2.24) is 4.90 Å². The average Bonchev–Trinajstić information content (AvgIpc) is 2.39. The Morgan fingerprint density at radius 2 is 2.28 bits per heavy atom. The second-order valence-corrected chi connectivity index (χ2v) is 5.74. The molecule has 0 spiro atoms. The summed E-state index contributed by atoms with van der Waals surface area (Å²) in [7, 11) is 3.93. The monoisotopic (exact) mass is 266 g/mol. The SMILES string of the molecule is COc1ccc(Cl)c2c1C1CN(C)CCC1CN2. The number of anilines is 1. The predicted molar refractivity (Wildman–Crippen MR) is 74.8 cm³/mol. The number of fused-ring (bicyclic) bond motifs is 3. The first-order valence-corrected chi connectivity index (χ1v) is 6.87. The van der Waals surface area contributed by atoms with Crippen molar-refractivity contribution in [1.29, 1.82) is 0 Å². The Morgan fingerprint density at radius 1 is 1.44 bits per heavy atom. The van der Waals surface area contributed by atoms with E-state index in [1.165, 1.54) is 18.5 Å². The van der Waals surface area contributed by atoms with Crippen LogP contribution < -0.4 is 10.1 Å². The second kappa shape index (κ2) is 4.63. The van der Waals surface area contributed by atoms with Gasteiger partial charge >= 0.3 is 0 Å². The molecular weight excluding hydrogens is 248 g/mol. The topological polar surface area (TPSA) is 24.5 Å². The van der Waals surface area contributed by atoms with Crippen LogP contribution in [0.4, 0.5) is 5.69 Å². The molecule has 18 heavy (non-hydrogen) atoms.